The molecule has 7 heteroatoms. The molecule has 18 heavy (non-hydrogen) atoms. The molecule has 0 bridgehead atoms. The third kappa shape index (κ3) is 5.01. The van der Waals surface area contributed by atoms with Crippen molar-refractivity contribution in [3.63, 3.8) is 0 Å². The van der Waals surface area contributed by atoms with Gasteiger partial charge in [0.05, 0.1) is 12.6 Å². The fourth-order valence-electron chi connectivity index (χ4n) is 1.19. The number of anilines is 1. The van der Waals surface area contributed by atoms with Crippen molar-refractivity contribution in [2.24, 2.45) is 0 Å². The number of nitrogens with one attached hydrogen (secondary N) is 2. The maximum atomic E-state index is 12.3. The van der Waals surface area contributed by atoms with Gasteiger partial charge < -0.3 is 10.6 Å². The summed E-state index contributed by atoms with van der Waals surface area (Å²) in [5.74, 6) is -2.88. The zero-order valence-corrected chi connectivity index (χ0v) is 10.1. The van der Waals surface area contributed by atoms with Crippen LogP contribution in [0, 0.1) is 11.3 Å². The Bertz CT molecular complexity index is 448. The molecule has 0 unspecified atom stereocenters. The van der Waals surface area contributed by atoms with Crippen LogP contribution in [0.2, 0.25) is 0 Å². The summed E-state index contributed by atoms with van der Waals surface area (Å²) in [5, 5.41) is 13.4. The molecule has 0 aliphatic rings. The fraction of sp³-hybridized carbons (Fsp3) is 0.273. The lowest BCUT2D eigenvalue weighted by atomic mass is 10.3. The topological polar surface area (TPSA) is 64.9 Å². The van der Waals surface area contributed by atoms with Gasteiger partial charge in [-0.25, -0.2) is 0 Å². The molecule has 0 saturated heterocycles. The van der Waals surface area contributed by atoms with Crippen LogP contribution in [-0.2, 0) is 4.79 Å². The largest absolute Gasteiger partial charge is 0.375 e. The normalized spacial score (nSPS) is 9.89. The molecule has 0 radical (unpaired) electrons. The molecule has 1 rings (SSSR count). The van der Waals surface area contributed by atoms with Crippen LogP contribution in [-0.4, -0.2) is 24.8 Å². The molecule has 0 aliphatic heterocycles. The predicted octanol–water partition coefficient (Wildman–Crippen LogP) is 2.05. The second-order valence-corrected chi connectivity index (χ2v) is 4.19. The van der Waals surface area contributed by atoms with Gasteiger partial charge in [0, 0.05) is 10.6 Å². The van der Waals surface area contributed by atoms with Crippen molar-refractivity contribution in [3.05, 3.63) is 24.3 Å². The van der Waals surface area contributed by atoms with Gasteiger partial charge in [-0.2, -0.15) is 14.0 Å². The van der Waals surface area contributed by atoms with E-state index in [0.29, 0.717) is 22.3 Å². The van der Waals surface area contributed by atoms with Gasteiger partial charge >= 0.3 is 0 Å². The fourth-order valence-corrected chi connectivity index (χ4v) is 1.80. The molecule has 0 aliphatic carbocycles. The first-order chi connectivity index (χ1) is 8.63. The molecule has 0 aromatic heterocycles. The number of nitrogens with zero attached hydrogens (tertiary/aromatic N) is 1. The Morgan fingerprint density at radius 3 is 2.83 bits per heavy atom. The van der Waals surface area contributed by atoms with Crippen LogP contribution in [0.25, 0.3) is 0 Å². The molecule has 2 N–H and O–H groups in total. The molecule has 1 amide bonds. The van der Waals surface area contributed by atoms with E-state index in [0.717, 1.165) is 0 Å². The summed E-state index contributed by atoms with van der Waals surface area (Å²) < 4.78 is 24.6. The maximum absolute atomic E-state index is 12.3. The number of alkyl halides is 2. The molecule has 96 valence electrons. The number of benzene rings is 1. The third-order valence-corrected chi connectivity index (χ3v) is 2.70. The van der Waals surface area contributed by atoms with E-state index in [2.05, 4.69) is 10.6 Å². The summed E-state index contributed by atoms with van der Waals surface area (Å²) in [6.07, 6.45) is 0. The zero-order valence-electron chi connectivity index (χ0n) is 9.32. The lowest BCUT2D eigenvalue weighted by Gasteiger charge is -2.10. The first-order valence-corrected chi connectivity index (χ1v) is 5.93. The van der Waals surface area contributed by atoms with E-state index < -0.39 is 5.76 Å². The Labute approximate surface area is 107 Å². The highest BCUT2D eigenvalue weighted by Crippen LogP contribution is 2.31. The van der Waals surface area contributed by atoms with Crippen LogP contribution in [0.3, 0.4) is 0 Å². The van der Waals surface area contributed by atoms with Gasteiger partial charge in [-0.3, -0.25) is 4.79 Å². The van der Waals surface area contributed by atoms with E-state index in [1.165, 1.54) is 0 Å². The summed E-state index contributed by atoms with van der Waals surface area (Å²) in [7, 11) is 0. The zero-order chi connectivity index (χ0) is 13.4. The Kier molecular flexibility index (Phi) is 5.94. The average Bonchev–Trinajstić information content (AvgIpc) is 2.34. The summed E-state index contributed by atoms with van der Waals surface area (Å²) in [4.78, 5) is 11.6. The van der Waals surface area contributed by atoms with Gasteiger partial charge in [-0.15, -0.1) is 0 Å². The van der Waals surface area contributed by atoms with Gasteiger partial charge in [-0.05, 0) is 12.1 Å². The highest BCUT2D eigenvalue weighted by atomic mass is 32.2. The molecule has 1 aromatic rings. The van der Waals surface area contributed by atoms with Gasteiger partial charge in [0.1, 0.15) is 6.54 Å². The lowest BCUT2D eigenvalue weighted by Crippen LogP contribution is -2.30. The second kappa shape index (κ2) is 7.50. The summed E-state index contributed by atoms with van der Waals surface area (Å²) >= 11 is 0.415. The number of hydrogen-bond donors (Lipinski definition) is 2. The standard InChI is InChI=1S/C11H11F2N3OS/c12-11(13)18-9-4-2-1-3-8(9)16-7-10(17)15-6-5-14/h1-4,11,16H,6-7H2,(H,15,17). The van der Waals surface area contributed by atoms with Crippen molar-refractivity contribution >= 4 is 23.4 Å². The molecule has 0 atom stereocenters. The second-order valence-electron chi connectivity index (χ2n) is 3.16. The molecule has 0 spiro atoms. The number of carbonyl (C=O) groups is 1. The smallest absolute Gasteiger partial charge is 0.288 e. The molecule has 0 saturated carbocycles. The number of carbonyl (C=O) groups excluding carboxylic acids is 1. The number of rotatable bonds is 6. The highest BCUT2D eigenvalue weighted by molar-refractivity contribution is 7.99. The van der Waals surface area contributed by atoms with Crippen LogP contribution in [0.5, 0.6) is 0 Å². The number of amides is 1. The minimum atomic E-state index is -2.51. The van der Waals surface area contributed by atoms with E-state index in [-0.39, 0.29) is 19.0 Å². The first kappa shape index (κ1) is 14.3. The van der Waals surface area contributed by atoms with Crippen LogP contribution < -0.4 is 10.6 Å². The van der Waals surface area contributed by atoms with E-state index in [1.54, 1.807) is 30.3 Å². The molecule has 1 aromatic carbocycles. The van der Waals surface area contributed by atoms with Crippen molar-refractivity contribution in [1.29, 1.82) is 5.26 Å². The van der Waals surface area contributed by atoms with E-state index >= 15 is 0 Å². The van der Waals surface area contributed by atoms with Crippen LogP contribution in [0.1, 0.15) is 0 Å². The monoisotopic (exact) mass is 271 g/mol. The van der Waals surface area contributed by atoms with E-state index in [9.17, 15) is 13.6 Å². The number of hydrogen-bond acceptors (Lipinski definition) is 4. The summed E-state index contributed by atoms with van der Waals surface area (Å²) in [6, 6.07) is 8.26. The van der Waals surface area contributed by atoms with Gasteiger partial charge in [0.25, 0.3) is 5.76 Å². The van der Waals surface area contributed by atoms with Crippen molar-refractivity contribution in [2.75, 3.05) is 18.4 Å². The number of para-hydroxylation sites is 1. The SMILES string of the molecule is N#CCNC(=O)CNc1ccccc1SC(F)F. The Morgan fingerprint density at radius 2 is 2.17 bits per heavy atom. The maximum Gasteiger partial charge on any atom is 0.288 e. The first-order valence-electron chi connectivity index (χ1n) is 5.05. The van der Waals surface area contributed by atoms with Crippen LogP contribution in [0.15, 0.2) is 29.2 Å². The minimum Gasteiger partial charge on any atom is -0.375 e. The Hall–Kier alpha value is -1.81. The van der Waals surface area contributed by atoms with Gasteiger partial charge in [0.2, 0.25) is 5.91 Å². The van der Waals surface area contributed by atoms with Crippen molar-refractivity contribution in [1.82, 2.24) is 5.32 Å². The number of nitriles is 1. The van der Waals surface area contributed by atoms with E-state index in [1.807, 2.05) is 0 Å². The van der Waals surface area contributed by atoms with Crippen LogP contribution in [0.4, 0.5) is 14.5 Å². The predicted molar refractivity (Wildman–Crippen MR) is 65.4 cm³/mol. The van der Waals surface area contributed by atoms with Gasteiger partial charge in [0.15, 0.2) is 0 Å². The molecule has 0 fully saturated rings. The Morgan fingerprint density at radius 1 is 1.44 bits per heavy atom. The molecule has 0 heterocycles. The molecule has 4 nitrogen and oxygen atoms in total. The van der Waals surface area contributed by atoms with Crippen LogP contribution >= 0.6 is 11.8 Å². The summed E-state index contributed by atoms with van der Waals surface area (Å²) in [6.45, 7) is -0.142. The van der Waals surface area contributed by atoms with Gasteiger partial charge in [-0.1, -0.05) is 23.9 Å². The number of thioether (sulfide) groups is 1. The average molecular weight is 271 g/mol. The quantitative estimate of drug-likeness (QED) is 0.614. The van der Waals surface area contributed by atoms with Crippen molar-refractivity contribution in [2.45, 2.75) is 10.7 Å². The molecular weight excluding hydrogens is 260 g/mol. The summed E-state index contributed by atoms with van der Waals surface area (Å²) in [5.41, 5.74) is 0.468. The van der Waals surface area contributed by atoms with E-state index in [4.69, 9.17) is 5.26 Å². The minimum absolute atomic E-state index is 0.0670. The number of halogens is 2. The highest BCUT2D eigenvalue weighted by Gasteiger charge is 2.10. The van der Waals surface area contributed by atoms with Crippen molar-refractivity contribution < 1.29 is 13.6 Å². The molecular formula is C11H11F2N3OS. The lowest BCUT2D eigenvalue weighted by molar-refractivity contribution is -0.119. The van der Waals surface area contributed by atoms with Crippen molar-refractivity contribution in [3.8, 4) is 6.07 Å². The Balaban J connectivity index is 2.56. The third-order valence-electron chi connectivity index (χ3n) is 1.91.